The summed E-state index contributed by atoms with van der Waals surface area (Å²) in [5.74, 6) is -0.254. The van der Waals surface area contributed by atoms with Gasteiger partial charge in [0.05, 0.1) is 11.9 Å². The summed E-state index contributed by atoms with van der Waals surface area (Å²) >= 11 is 3.39. The largest absolute Gasteiger partial charge is 0.481 e. The minimum Gasteiger partial charge on any atom is -0.481 e. The molecule has 2 aromatic rings. The fourth-order valence-electron chi connectivity index (χ4n) is 1.65. The third-order valence-electron chi connectivity index (χ3n) is 2.46. The van der Waals surface area contributed by atoms with Gasteiger partial charge in [0.15, 0.2) is 0 Å². The molecular formula is C12H11BrN2O2. The highest BCUT2D eigenvalue weighted by Crippen LogP contribution is 2.20. The third kappa shape index (κ3) is 2.79. The second-order valence-electron chi connectivity index (χ2n) is 3.78. The minimum atomic E-state index is -0.833. The highest BCUT2D eigenvalue weighted by atomic mass is 79.9. The standard InChI is InChI=1S/C12H11BrN2O2/c1-7-9-3-2-8(13)6-10(9)15-11(14-7)4-5-12(16)17/h2-3,6H,4-5H2,1H3,(H,16,17). The van der Waals surface area contributed by atoms with Gasteiger partial charge in [0, 0.05) is 22.0 Å². The first-order valence-electron chi connectivity index (χ1n) is 5.21. The number of benzene rings is 1. The Hall–Kier alpha value is -1.49. The van der Waals surface area contributed by atoms with Gasteiger partial charge < -0.3 is 5.11 Å². The molecule has 0 fully saturated rings. The van der Waals surface area contributed by atoms with Crippen LogP contribution in [0.5, 0.6) is 0 Å². The van der Waals surface area contributed by atoms with Crippen LogP contribution >= 0.6 is 15.9 Å². The van der Waals surface area contributed by atoms with Crippen molar-refractivity contribution in [1.29, 1.82) is 0 Å². The van der Waals surface area contributed by atoms with Crippen molar-refractivity contribution in [2.24, 2.45) is 0 Å². The highest BCUT2D eigenvalue weighted by molar-refractivity contribution is 9.10. The number of halogens is 1. The summed E-state index contributed by atoms with van der Waals surface area (Å²) in [7, 11) is 0. The molecular weight excluding hydrogens is 284 g/mol. The van der Waals surface area contributed by atoms with E-state index in [-0.39, 0.29) is 6.42 Å². The van der Waals surface area contributed by atoms with Gasteiger partial charge in [-0.25, -0.2) is 9.97 Å². The number of aliphatic carboxylic acids is 1. The first kappa shape index (κ1) is 12.0. The zero-order chi connectivity index (χ0) is 12.4. The molecule has 0 radical (unpaired) electrons. The molecule has 0 spiro atoms. The molecule has 0 atom stereocenters. The number of aromatic nitrogens is 2. The van der Waals surface area contributed by atoms with Gasteiger partial charge in [0.1, 0.15) is 5.82 Å². The van der Waals surface area contributed by atoms with Crippen LogP contribution in [-0.2, 0) is 11.2 Å². The number of carbonyl (C=O) groups is 1. The summed E-state index contributed by atoms with van der Waals surface area (Å²) in [5, 5.41) is 9.63. The topological polar surface area (TPSA) is 63.1 Å². The second-order valence-corrected chi connectivity index (χ2v) is 4.70. The van der Waals surface area contributed by atoms with E-state index < -0.39 is 5.97 Å². The zero-order valence-corrected chi connectivity index (χ0v) is 10.9. The van der Waals surface area contributed by atoms with E-state index in [4.69, 9.17) is 5.11 Å². The Morgan fingerprint density at radius 2 is 2.18 bits per heavy atom. The second kappa shape index (κ2) is 4.79. The maximum Gasteiger partial charge on any atom is 0.303 e. The van der Waals surface area contributed by atoms with E-state index in [2.05, 4.69) is 25.9 Å². The molecule has 1 aromatic carbocycles. The highest BCUT2D eigenvalue weighted by Gasteiger charge is 2.06. The maximum atomic E-state index is 10.5. The Bertz CT molecular complexity index is 584. The molecule has 4 nitrogen and oxygen atoms in total. The maximum absolute atomic E-state index is 10.5. The summed E-state index contributed by atoms with van der Waals surface area (Å²) in [5.41, 5.74) is 1.72. The Labute approximate surface area is 107 Å². The molecule has 1 heterocycles. The van der Waals surface area contributed by atoms with Gasteiger partial charge in [-0.3, -0.25) is 4.79 Å². The number of nitrogens with zero attached hydrogens (tertiary/aromatic N) is 2. The first-order chi connectivity index (χ1) is 8.06. The first-order valence-corrected chi connectivity index (χ1v) is 6.00. The van der Waals surface area contributed by atoms with Crippen molar-refractivity contribution in [3.63, 3.8) is 0 Å². The molecule has 0 saturated heterocycles. The van der Waals surface area contributed by atoms with Gasteiger partial charge in [0.2, 0.25) is 0 Å². The summed E-state index contributed by atoms with van der Waals surface area (Å²) in [6, 6.07) is 5.81. The van der Waals surface area contributed by atoms with Gasteiger partial charge in [0.25, 0.3) is 0 Å². The number of fused-ring (bicyclic) bond motifs is 1. The fourth-order valence-corrected chi connectivity index (χ4v) is 2.00. The van der Waals surface area contributed by atoms with Crippen molar-refractivity contribution >= 4 is 32.8 Å². The lowest BCUT2D eigenvalue weighted by Gasteiger charge is -2.05. The average Bonchev–Trinajstić information content (AvgIpc) is 2.25. The minimum absolute atomic E-state index is 0.0545. The molecule has 0 amide bonds. The van der Waals surface area contributed by atoms with Crippen LogP contribution in [0.1, 0.15) is 17.9 Å². The van der Waals surface area contributed by atoms with Crippen molar-refractivity contribution in [3.05, 3.63) is 34.2 Å². The molecule has 88 valence electrons. The number of hydrogen-bond donors (Lipinski definition) is 1. The molecule has 0 saturated carbocycles. The molecule has 1 N–H and O–H groups in total. The van der Waals surface area contributed by atoms with Crippen molar-refractivity contribution in [2.45, 2.75) is 19.8 Å². The van der Waals surface area contributed by atoms with Gasteiger partial charge in [-0.15, -0.1) is 0 Å². The predicted molar refractivity (Wildman–Crippen MR) is 67.9 cm³/mol. The van der Waals surface area contributed by atoms with E-state index in [0.717, 1.165) is 21.1 Å². The lowest BCUT2D eigenvalue weighted by Crippen LogP contribution is -2.03. The smallest absolute Gasteiger partial charge is 0.303 e. The van der Waals surface area contributed by atoms with Crippen molar-refractivity contribution in [2.75, 3.05) is 0 Å². The van der Waals surface area contributed by atoms with Gasteiger partial charge in [-0.05, 0) is 25.1 Å². The van der Waals surface area contributed by atoms with E-state index in [9.17, 15) is 4.79 Å². The fraction of sp³-hybridized carbons (Fsp3) is 0.250. The summed E-state index contributed by atoms with van der Waals surface area (Å²) < 4.78 is 0.951. The van der Waals surface area contributed by atoms with Crippen LogP contribution < -0.4 is 0 Å². The van der Waals surface area contributed by atoms with Gasteiger partial charge in [-0.1, -0.05) is 15.9 Å². The van der Waals surface area contributed by atoms with Crippen LogP contribution in [0.15, 0.2) is 22.7 Å². The Balaban J connectivity index is 2.42. The Morgan fingerprint density at radius 3 is 2.88 bits per heavy atom. The molecule has 0 aliphatic rings. The third-order valence-corrected chi connectivity index (χ3v) is 2.95. The number of aryl methyl sites for hydroxylation is 2. The Morgan fingerprint density at radius 1 is 1.41 bits per heavy atom. The van der Waals surface area contributed by atoms with Crippen LogP contribution in [-0.4, -0.2) is 21.0 Å². The summed E-state index contributed by atoms with van der Waals surface area (Å²) in [6.45, 7) is 1.90. The van der Waals surface area contributed by atoms with Crippen LogP contribution in [0.3, 0.4) is 0 Å². The van der Waals surface area contributed by atoms with E-state index in [1.807, 2.05) is 25.1 Å². The molecule has 5 heteroatoms. The Kier molecular flexibility index (Phi) is 3.38. The lowest BCUT2D eigenvalue weighted by atomic mass is 10.2. The van der Waals surface area contributed by atoms with E-state index in [1.54, 1.807) is 0 Å². The van der Waals surface area contributed by atoms with E-state index in [1.165, 1.54) is 0 Å². The summed E-state index contributed by atoms with van der Waals surface area (Å²) in [4.78, 5) is 19.2. The van der Waals surface area contributed by atoms with Gasteiger partial charge >= 0.3 is 5.97 Å². The van der Waals surface area contributed by atoms with E-state index in [0.29, 0.717) is 12.2 Å². The monoisotopic (exact) mass is 294 g/mol. The van der Waals surface area contributed by atoms with Crippen LogP contribution in [0.25, 0.3) is 10.9 Å². The van der Waals surface area contributed by atoms with Crippen molar-refractivity contribution in [3.8, 4) is 0 Å². The van der Waals surface area contributed by atoms with Crippen LogP contribution in [0, 0.1) is 6.92 Å². The molecule has 1 aromatic heterocycles. The molecule has 0 unspecified atom stereocenters. The predicted octanol–water partition coefficient (Wildman–Crippen LogP) is 2.72. The normalized spacial score (nSPS) is 10.7. The van der Waals surface area contributed by atoms with Gasteiger partial charge in [-0.2, -0.15) is 0 Å². The average molecular weight is 295 g/mol. The van der Waals surface area contributed by atoms with Crippen LogP contribution in [0.2, 0.25) is 0 Å². The summed E-state index contributed by atoms with van der Waals surface area (Å²) in [6.07, 6.45) is 0.414. The molecule has 2 rings (SSSR count). The number of rotatable bonds is 3. The lowest BCUT2D eigenvalue weighted by molar-refractivity contribution is -0.137. The number of hydrogen-bond acceptors (Lipinski definition) is 3. The molecule has 17 heavy (non-hydrogen) atoms. The van der Waals surface area contributed by atoms with E-state index >= 15 is 0 Å². The van der Waals surface area contributed by atoms with Crippen molar-refractivity contribution in [1.82, 2.24) is 9.97 Å². The molecule has 0 bridgehead atoms. The molecule has 0 aliphatic carbocycles. The SMILES string of the molecule is Cc1nc(CCC(=O)O)nc2cc(Br)ccc12. The zero-order valence-electron chi connectivity index (χ0n) is 9.27. The van der Waals surface area contributed by atoms with Crippen LogP contribution in [0.4, 0.5) is 0 Å². The molecule has 0 aliphatic heterocycles. The quantitative estimate of drug-likeness (QED) is 0.945. The number of carboxylic acids is 1. The number of carboxylic acid groups (broad SMARTS) is 1. The van der Waals surface area contributed by atoms with Crippen molar-refractivity contribution < 1.29 is 9.90 Å².